The van der Waals surface area contributed by atoms with E-state index in [4.69, 9.17) is 9.47 Å². The van der Waals surface area contributed by atoms with Gasteiger partial charge in [0.25, 0.3) is 0 Å². The van der Waals surface area contributed by atoms with Gasteiger partial charge in [-0.3, -0.25) is 4.79 Å². The van der Waals surface area contributed by atoms with Crippen molar-refractivity contribution < 1.29 is 19.4 Å². The summed E-state index contributed by atoms with van der Waals surface area (Å²) in [5.74, 6) is 1.26. The minimum Gasteiger partial charge on any atom is -0.493 e. The van der Waals surface area contributed by atoms with E-state index in [1.165, 1.54) is 6.08 Å². The SMILES string of the molecule is COc1ccc(C)c([C@]23CCN(C)C(C)C2(O)C=CC(=O)C3)c1OC. The fourth-order valence-corrected chi connectivity index (χ4v) is 4.64. The predicted octanol–water partition coefficient (Wildman–Crippen LogP) is 2.23. The first-order valence-corrected chi connectivity index (χ1v) is 8.67. The van der Waals surface area contributed by atoms with Crippen LogP contribution < -0.4 is 9.47 Å². The summed E-state index contributed by atoms with van der Waals surface area (Å²) in [6, 6.07) is 3.71. The van der Waals surface area contributed by atoms with Crippen molar-refractivity contribution in [3.63, 3.8) is 0 Å². The molecule has 3 rings (SSSR count). The van der Waals surface area contributed by atoms with Gasteiger partial charge >= 0.3 is 0 Å². The van der Waals surface area contributed by atoms with Gasteiger partial charge in [0, 0.05) is 23.4 Å². The normalized spacial score (nSPS) is 32.4. The van der Waals surface area contributed by atoms with Crippen LogP contribution in [0.15, 0.2) is 24.3 Å². The minimum absolute atomic E-state index is 0.0331. The van der Waals surface area contributed by atoms with Crippen molar-refractivity contribution in [1.29, 1.82) is 0 Å². The third-order valence-corrected chi connectivity index (χ3v) is 6.19. The fraction of sp³-hybridized carbons (Fsp3) is 0.550. The number of rotatable bonds is 3. The van der Waals surface area contributed by atoms with Crippen molar-refractivity contribution in [1.82, 2.24) is 4.90 Å². The van der Waals surface area contributed by atoms with E-state index in [0.717, 1.165) is 17.7 Å². The number of aliphatic hydroxyl groups is 1. The summed E-state index contributed by atoms with van der Waals surface area (Å²) in [5, 5.41) is 11.8. The highest BCUT2D eigenvalue weighted by molar-refractivity contribution is 5.93. The first-order valence-electron chi connectivity index (χ1n) is 8.67. The van der Waals surface area contributed by atoms with E-state index < -0.39 is 11.0 Å². The van der Waals surface area contributed by atoms with Crippen LogP contribution in [-0.4, -0.2) is 55.2 Å². The number of likely N-dealkylation sites (tertiary alicyclic amines) is 1. The number of likely N-dealkylation sites (N-methyl/N-ethyl adjacent to an activating group) is 1. The molecule has 1 aromatic rings. The molecule has 1 fully saturated rings. The zero-order chi connectivity index (χ0) is 18.4. The van der Waals surface area contributed by atoms with E-state index in [1.54, 1.807) is 20.3 Å². The molecule has 1 aliphatic carbocycles. The van der Waals surface area contributed by atoms with E-state index in [9.17, 15) is 9.90 Å². The van der Waals surface area contributed by atoms with Crippen molar-refractivity contribution in [2.24, 2.45) is 0 Å². The van der Waals surface area contributed by atoms with Gasteiger partial charge in [-0.2, -0.15) is 0 Å². The summed E-state index contributed by atoms with van der Waals surface area (Å²) in [6.07, 6.45) is 4.15. The number of methoxy groups -OCH3 is 2. The van der Waals surface area contributed by atoms with Gasteiger partial charge in [-0.15, -0.1) is 0 Å². The largest absolute Gasteiger partial charge is 0.493 e. The molecule has 1 aromatic carbocycles. The van der Waals surface area contributed by atoms with Crippen LogP contribution in [-0.2, 0) is 10.2 Å². The molecule has 136 valence electrons. The zero-order valence-electron chi connectivity index (χ0n) is 15.6. The van der Waals surface area contributed by atoms with Crippen molar-refractivity contribution in [2.75, 3.05) is 27.8 Å². The van der Waals surface area contributed by atoms with Crippen LogP contribution in [0.5, 0.6) is 11.5 Å². The highest BCUT2D eigenvalue weighted by atomic mass is 16.5. The molecule has 0 spiro atoms. The van der Waals surface area contributed by atoms with E-state index in [0.29, 0.717) is 17.9 Å². The third kappa shape index (κ3) is 2.41. The topological polar surface area (TPSA) is 59.0 Å². The van der Waals surface area contributed by atoms with Gasteiger partial charge in [-0.25, -0.2) is 0 Å². The molecular weight excluding hydrogens is 318 g/mol. The molecule has 0 bridgehead atoms. The van der Waals surface area contributed by atoms with Crippen LogP contribution in [0, 0.1) is 6.92 Å². The van der Waals surface area contributed by atoms with Gasteiger partial charge in [-0.1, -0.05) is 6.07 Å². The number of carbonyl (C=O) groups excluding carboxylic acids is 1. The van der Waals surface area contributed by atoms with Gasteiger partial charge in [-0.05, 0) is 57.6 Å². The number of ketones is 1. The number of allylic oxidation sites excluding steroid dienone is 1. The molecule has 25 heavy (non-hydrogen) atoms. The van der Waals surface area contributed by atoms with Crippen LogP contribution >= 0.6 is 0 Å². The Hall–Kier alpha value is -1.85. The summed E-state index contributed by atoms with van der Waals surface area (Å²) in [5.41, 5.74) is -0.00188. The lowest BCUT2D eigenvalue weighted by Gasteiger charge is -2.57. The van der Waals surface area contributed by atoms with E-state index >= 15 is 0 Å². The lowest BCUT2D eigenvalue weighted by Crippen LogP contribution is -2.67. The number of hydrogen-bond donors (Lipinski definition) is 1. The van der Waals surface area contributed by atoms with Gasteiger partial charge in [0.1, 0.15) is 5.60 Å². The Morgan fingerprint density at radius 3 is 2.64 bits per heavy atom. The lowest BCUT2D eigenvalue weighted by molar-refractivity contribution is -0.130. The molecule has 1 N–H and O–H groups in total. The number of aryl methyl sites for hydroxylation is 1. The minimum atomic E-state index is -1.15. The van der Waals surface area contributed by atoms with Crippen molar-refractivity contribution in [3.8, 4) is 11.5 Å². The van der Waals surface area contributed by atoms with E-state index in [2.05, 4.69) is 4.90 Å². The number of hydrogen-bond acceptors (Lipinski definition) is 5. The molecule has 1 aliphatic heterocycles. The predicted molar refractivity (Wildman–Crippen MR) is 96.4 cm³/mol. The molecule has 0 aromatic heterocycles. The highest BCUT2D eigenvalue weighted by Crippen LogP contribution is 2.55. The second-order valence-electron chi connectivity index (χ2n) is 7.28. The highest BCUT2D eigenvalue weighted by Gasteiger charge is 2.60. The molecule has 5 heteroatoms. The van der Waals surface area contributed by atoms with Crippen LogP contribution in [0.25, 0.3) is 0 Å². The fourth-order valence-electron chi connectivity index (χ4n) is 4.64. The first-order chi connectivity index (χ1) is 11.8. The molecule has 3 atom stereocenters. The Labute approximate surface area is 149 Å². The number of fused-ring (bicyclic) bond motifs is 1. The van der Waals surface area contributed by atoms with Gasteiger partial charge < -0.3 is 19.5 Å². The molecule has 2 unspecified atom stereocenters. The Bertz CT molecular complexity index is 729. The molecule has 5 nitrogen and oxygen atoms in total. The smallest absolute Gasteiger partial charge is 0.164 e. The molecule has 1 heterocycles. The number of carbonyl (C=O) groups is 1. The quantitative estimate of drug-likeness (QED) is 0.910. The molecular formula is C20H27NO4. The monoisotopic (exact) mass is 345 g/mol. The van der Waals surface area contributed by atoms with Crippen LogP contribution in [0.1, 0.15) is 30.9 Å². The number of nitrogens with zero attached hydrogens (tertiary/aromatic N) is 1. The molecule has 1 saturated heterocycles. The average molecular weight is 345 g/mol. The Morgan fingerprint density at radius 1 is 1.28 bits per heavy atom. The van der Waals surface area contributed by atoms with Gasteiger partial charge in [0.05, 0.1) is 14.2 Å². The van der Waals surface area contributed by atoms with Crippen LogP contribution in [0.3, 0.4) is 0 Å². The molecule has 0 saturated carbocycles. The van der Waals surface area contributed by atoms with Crippen molar-refractivity contribution in [2.45, 2.75) is 43.7 Å². The second kappa shape index (κ2) is 6.15. The van der Waals surface area contributed by atoms with Gasteiger partial charge in [0.15, 0.2) is 17.3 Å². The summed E-state index contributed by atoms with van der Waals surface area (Å²) < 4.78 is 11.2. The van der Waals surface area contributed by atoms with Crippen molar-refractivity contribution in [3.05, 3.63) is 35.4 Å². The zero-order valence-corrected chi connectivity index (χ0v) is 15.6. The summed E-state index contributed by atoms with van der Waals surface area (Å²) in [7, 11) is 5.21. The molecule has 0 amide bonds. The summed E-state index contributed by atoms with van der Waals surface area (Å²) in [6.45, 7) is 4.80. The maximum absolute atomic E-state index is 12.4. The number of piperidine rings is 1. The van der Waals surface area contributed by atoms with Gasteiger partial charge in [0.2, 0.25) is 0 Å². The maximum atomic E-state index is 12.4. The molecule has 0 radical (unpaired) electrons. The van der Waals surface area contributed by atoms with Crippen molar-refractivity contribution >= 4 is 5.78 Å². The number of benzene rings is 1. The Morgan fingerprint density at radius 2 is 2.00 bits per heavy atom. The number of ether oxygens (including phenoxy) is 2. The average Bonchev–Trinajstić information content (AvgIpc) is 2.60. The molecule has 2 aliphatic rings. The third-order valence-electron chi connectivity index (χ3n) is 6.19. The maximum Gasteiger partial charge on any atom is 0.164 e. The second-order valence-corrected chi connectivity index (χ2v) is 7.28. The standard InChI is InChI=1S/C20H27NO4/c1-13-6-7-16(24-4)18(25-5)17(13)19-10-11-21(3)14(2)20(19,23)9-8-15(22)12-19/h6-9,14,23H,10-12H2,1-5H3/t14?,19-,20?/m1/s1. The lowest BCUT2D eigenvalue weighted by atomic mass is 9.55. The van der Waals surface area contributed by atoms with Crippen LogP contribution in [0.4, 0.5) is 0 Å². The first kappa shape index (κ1) is 18.0. The van der Waals surface area contributed by atoms with Crippen LogP contribution in [0.2, 0.25) is 0 Å². The Balaban J connectivity index is 2.33. The van der Waals surface area contributed by atoms with E-state index in [1.807, 2.05) is 33.0 Å². The Kier molecular flexibility index (Phi) is 4.41. The summed E-state index contributed by atoms with van der Waals surface area (Å²) in [4.78, 5) is 14.5. The summed E-state index contributed by atoms with van der Waals surface area (Å²) >= 11 is 0. The van der Waals surface area contributed by atoms with E-state index in [-0.39, 0.29) is 18.2 Å².